The molecule has 92 valence electrons. The van der Waals surface area contributed by atoms with Crippen LogP contribution in [0.25, 0.3) is 16.2 Å². The van der Waals surface area contributed by atoms with Gasteiger partial charge in [0.15, 0.2) is 4.96 Å². The molecule has 0 aliphatic rings. The van der Waals surface area contributed by atoms with E-state index in [-0.39, 0.29) is 5.82 Å². The fourth-order valence-electron chi connectivity index (χ4n) is 2.01. The van der Waals surface area contributed by atoms with Gasteiger partial charge in [-0.25, -0.2) is 9.37 Å². The first-order chi connectivity index (χ1) is 8.79. The molecule has 0 saturated carbocycles. The molecule has 0 fully saturated rings. The number of hydrogen-bond acceptors (Lipinski definition) is 3. The summed E-state index contributed by atoms with van der Waals surface area (Å²) < 4.78 is 15.0. The lowest BCUT2D eigenvalue weighted by molar-refractivity contribution is 0.628. The third kappa shape index (κ3) is 1.81. The van der Waals surface area contributed by atoms with Gasteiger partial charge < -0.3 is 5.73 Å². The molecule has 3 nitrogen and oxygen atoms in total. The molecule has 0 aliphatic carbocycles. The smallest absolute Gasteiger partial charge is 0.194 e. The van der Waals surface area contributed by atoms with E-state index in [1.807, 2.05) is 11.6 Å². The van der Waals surface area contributed by atoms with Gasteiger partial charge in [-0.05, 0) is 36.4 Å². The van der Waals surface area contributed by atoms with Crippen molar-refractivity contribution >= 4 is 16.3 Å². The van der Waals surface area contributed by atoms with Gasteiger partial charge in [0.2, 0.25) is 0 Å². The Labute approximate surface area is 108 Å². The largest absolute Gasteiger partial charge is 0.330 e. The molecule has 0 radical (unpaired) electrons. The lowest BCUT2D eigenvalue weighted by atomic mass is 10.1. The second-order valence-electron chi connectivity index (χ2n) is 4.03. The van der Waals surface area contributed by atoms with Crippen molar-refractivity contribution in [1.29, 1.82) is 0 Å². The summed E-state index contributed by atoms with van der Waals surface area (Å²) in [5.74, 6) is -0.224. The van der Waals surface area contributed by atoms with E-state index in [2.05, 4.69) is 9.38 Å². The van der Waals surface area contributed by atoms with Crippen LogP contribution in [0.2, 0.25) is 0 Å². The van der Waals surface area contributed by atoms with Gasteiger partial charge >= 0.3 is 0 Å². The van der Waals surface area contributed by atoms with Gasteiger partial charge in [-0.15, -0.1) is 11.3 Å². The summed E-state index contributed by atoms with van der Waals surface area (Å²) in [5.41, 5.74) is 8.71. The van der Waals surface area contributed by atoms with Gasteiger partial charge in [-0.2, -0.15) is 0 Å². The minimum absolute atomic E-state index is 0.224. The van der Waals surface area contributed by atoms with E-state index in [1.165, 1.54) is 12.1 Å². The Morgan fingerprint density at radius 2 is 2.06 bits per heavy atom. The number of halogens is 1. The van der Waals surface area contributed by atoms with Crippen molar-refractivity contribution in [2.45, 2.75) is 6.42 Å². The molecule has 0 saturated heterocycles. The maximum atomic E-state index is 12.9. The lowest BCUT2D eigenvalue weighted by Gasteiger charge is -2.03. The van der Waals surface area contributed by atoms with Crippen molar-refractivity contribution in [3.63, 3.8) is 0 Å². The molecule has 18 heavy (non-hydrogen) atoms. The molecule has 2 N–H and O–H groups in total. The minimum Gasteiger partial charge on any atom is -0.330 e. The fourth-order valence-corrected chi connectivity index (χ4v) is 2.91. The Balaban J connectivity index is 2.16. The first-order valence-electron chi connectivity index (χ1n) is 5.69. The molecule has 2 heterocycles. The summed E-state index contributed by atoms with van der Waals surface area (Å²) >= 11 is 1.58. The molecule has 5 heteroatoms. The quantitative estimate of drug-likeness (QED) is 0.787. The monoisotopic (exact) mass is 261 g/mol. The van der Waals surface area contributed by atoms with Crippen molar-refractivity contribution in [2.24, 2.45) is 5.73 Å². The van der Waals surface area contributed by atoms with Crippen LogP contribution < -0.4 is 5.73 Å². The summed E-state index contributed by atoms with van der Waals surface area (Å²) in [6, 6.07) is 6.50. The number of aromatic nitrogens is 2. The summed E-state index contributed by atoms with van der Waals surface area (Å²) in [5, 5.41) is 2.04. The highest BCUT2D eigenvalue weighted by atomic mass is 32.1. The number of benzene rings is 1. The van der Waals surface area contributed by atoms with Crippen LogP contribution in [0, 0.1) is 5.82 Å². The highest BCUT2D eigenvalue weighted by molar-refractivity contribution is 7.15. The standard InChI is InChI=1S/C13H12FN3S/c14-10-3-1-9(2-4-10)12-8-18-13-16-7-11(5-6-15)17(12)13/h1-4,7-8H,5-6,15H2. The predicted molar refractivity (Wildman–Crippen MR) is 71.2 cm³/mol. The Bertz CT molecular complexity index is 669. The van der Waals surface area contributed by atoms with Gasteiger partial charge in [0.25, 0.3) is 0 Å². The highest BCUT2D eigenvalue weighted by Crippen LogP contribution is 2.27. The summed E-state index contributed by atoms with van der Waals surface area (Å²) in [6.45, 7) is 0.590. The molecule has 3 aromatic rings. The molecule has 3 rings (SSSR count). The number of nitrogens with two attached hydrogens (primary N) is 1. The molecule has 2 aromatic heterocycles. The van der Waals surface area contributed by atoms with E-state index in [1.54, 1.807) is 23.5 Å². The third-order valence-corrected chi connectivity index (χ3v) is 3.70. The van der Waals surface area contributed by atoms with Crippen LogP contribution in [-0.2, 0) is 6.42 Å². The van der Waals surface area contributed by atoms with Crippen molar-refractivity contribution in [1.82, 2.24) is 9.38 Å². The van der Waals surface area contributed by atoms with Crippen LogP contribution in [0.15, 0.2) is 35.8 Å². The molecule has 0 atom stereocenters. The van der Waals surface area contributed by atoms with Crippen LogP contribution in [0.5, 0.6) is 0 Å². The topological polar surface area (TPSA) is 43.3 Å². The van der Waals surface area contributed by atoms with Gasteiger partial charge in [-0.3, -0.25) is 4.40 Å². The maximum absolute atomic E-state index is 12.9. The molecule has 0 aliphatic heterocycles. The molecular formula is C13H12FN3S. The molecule has 0 spiro atoms. The summed E-state index contributed by atoms with van der Waals surface area (Å²) in [4.78, 5) is 5.30. The Morgan fingerprint density at radius 3 is 2.78 bits per heavy atom. The Morgan fingerprint density at radius 1 is 1.28 bits per heavy atom. The number of hydrogen-bond donors (Lipinski definition) is 1. The maximum Gasteiger partial charge on any atom is 0.194 e. The zero-order chi connectivity index (χ0) is 12.5. The van der Waals surface area contributed by atoms with E-state index in [9.17, 15) is 4.39 Å². The lowest BCUT2D eigenvalue weighted by Crippen LogP contribution is -2.05. The SMILES string of the molecule is NCCc1cnc2scc(-c3ccc(F)cc3)n12. The zero-order valence-corrected chi connectivity index (χ0v) is 10.5. The second-order valence-corrected chi connectivity index (χ2v) is 4.87. The van der Waals surface area contributed by atoms with Gasteiger partial charge in [0.1, 0.15) is 5.82 Å². The number of nitrogens with zero attached hydrogens (tertiary/aromatic N) is 2. The van der Waals surface area contributed by atoms with Crippen LogP contribution in [-0.4, -0.2) is 15.9 Å². The molecule has 0 bridgehead atoms. The van der Waals surface area contributed by atoms with Crippen molar-refractivity contribution in [3.05, 3.63) is 47.4 Å². The molecule has 0 unspecified atom stereocenters. The van der Waals surface area contributed by atoms with Crippen molar-refractivity contribution in [3.8, 4) is 11.3 Å². The average Bonchev–Trinajstić information content (AvgIpc) is 2.94. The Hall–Kier alpha value is -1.72. The predicted octanol–water partition coefficient (Wildman–Crippen LogP) is 2.70. The number of fused-ring (bicyclic) bond motifs is 1. The van der Waals surface area contributed by atoms with E-state index in [0.29, 0.717) is 6.54 Å². The first-order valence-corrected chi connectivity index (χ1v) is 6.57. The molecule has 1 aromatic carbocycles. The van der Waals surface area contributed by atoms with Crippen molar-refractivity contribution in [2.75, 3.05) is 6.54 Å². The molecule has 0 amide bonds. The van der Waals surface area contributed by atoms with Gasteiger partial charge in [0.05, 0.1) is 11.9 Å². The van der Waals surface area contributed by atoms with E-state index in [0.717, 1.165) is 28.3 Å². The number of rotatable bonds is 3. The van der Waals surface area contributed by atoms with E-state index >= 15 is 0 Å². The third-order valence-electron chi connectivity index (χ3n) is 2.86. The van der Waals surface area contributed by atoms with Gasteiger partial charge in [0, 0.05) is 17.5 Å². The van der Waals surface area contributed by atoms with E-state index in [4.69, 9.17) is 5.73 Å². The van der Waals surface area contributed by atoms with Crippen LogP contribution >= 0.6 is 11.3 Å². The van der Waals surface area contributed by atoms with Gasteiger partial charge in [-0.1, -0.05) is 0 Å². The first kappa shape index (κ1) is 11.4. The minimum atomic E-state index is -0.224. The second kappa shape index (κ2) is 4.51. The van der Waals surface area contributed by atoms with Crippen LogP contribution in [0.3, 0.4) is 0 Å². The highest BCUT2D eigenvalue weighted by Gasteiger charge is 2.11. The number of thiazole rings is 1. The zero-order valence-electron chi connectivity index (χ0n) is 9.64. The number of imidazole rings is 1. The Kier molecular flexibility index (Phi) is 2.85. The normalized spacial score (nSPS) is 11.2. The van der Waals surface area contributed by atoms with Crippen molar-refractivity contribution < 1.29 is 4.39 Å². The van der Waals surface area contributed by atoms with Crippen LogP contribution in [0.4, 0.5) is 4.39 Å². The summed E-state index contributed by atoms with van der Waals surface area (Å²) in [7, 11) is 0. The average molecular weight is 261 g/mol. The fraction of sp³-hybridized carbons (Fsp3) is 0.154. The summed E-state index contributed by atoms with van der Waals surface area (Å²) in [6.07, 6.45) is 2.64. The van der Waals surface area contributed by atoms with Crippen LogP contribution in [0.1, 0.15) is 5.69 Å². The molecular weight excluding hydrogens is 249 g/mol. The van der Waals surface area contributed by atoms with E-state index < -0.39 is 0 Å².